The molecule has 2 heterocycles. The summed E-state index contributed by atoms with van der Waals surface area (Å²) in [5, 5.41) is 24.9. The van der Waals surface area contributed by atoms with Crippen LogP contribution in [0.1, 0.15) is 25.2 Å². The first kappa shape index (κ1) is 17.3. The number of nitrogens with one attached hydrogen (secondary N) is 2. The van der Waals surface area contributed by atoms with Crippen LogP contribution < -0.4 is 10.6 Å². The Bertz CT molecular complexity index is 939. The van der Waals surface area contributed by atoms with Crippen LogP contribution in [0.3, 0.4) is 0 Å². The van der Waals surface area contributed by atoms with E-state index in [0.717, 1.165) is 0 Å². The van der Waals surface area contributed by atoms with E-state index in [1.807, 2.05) is 35.7 Å². The lowest BCUT2D eigenvalue weighted by molar-refractivity contribution is -0.384. The fraction of sp³-hybridized carbons (Fsp3) is 0.235. The fourth-order valence-electron chi connectivity index (χ4n) is 2.63. The molecule has 26 heavy (non-hydrogen) atoms. The number of carbonyl (C=O) groups excluding carboxylic acids is 1. The molecule has 0 spiro atoms. The summed E-state index contributed by atoms with van der Waals surface area (Å²) in [6.07, 6.45) is 2.01. The van der Waals surface area contributed by atoms with Gasteiger partial charge in [0.15, 0.2) is 11.5 Å². The van der Waals surface area contributed by atoms with Crippen molar-refractivity contribution in [3.05, 3.63) is 64.6 Å². The zero-order valence-corrected chi connectivity index (χ0v) is 14.1. The van der Waals surface area contributed by atoms with E-state index >= 15 is 0 Å². The molecule has 0 bridgehead atoms. The average molecular weight is 354 g/mol. The topological polar surface area (TPSA) is 114 Å². The first-order valence-electron chi connectivity index (χ1n) is 8.12. The van der Waals surface area contributed by atoms with Gasteiger partial charge in [-0.2, -0.15) is 0 Å². The van der Waals surface area contributed by atoms with Gasteiger partial charge in [0.1, 0.15) is 5.69 Å². The van der Waals surface area contributed by atoms with Crippen molar-refractivity contribution in [2.45, 2.75) is 19.4 Å². The molecular weight excluding hydrogens is 336 g/mol. The molecule has 0 saturated carbocycles. The summed E-state index contributed by atoms with van der Waals surface area (Å²) in [6.45, 7) is 2.11. The van der Waals surface area contributed by atoms with Gasteiger partial charge in [0.2, 0.25) is 5.91 Å². The molecule has 9 nitrogen and oxygen atoms in total. The van der Waals surface area contributed by atoms with Gasteiger partial charge in [0, 0.05) is 25.2 Å². The Balaban J connectivity index is 1.55. The number of para-hydroxylation sites is 2. The number of anilines is 1. The number of nitro groups is 1. The summed E-state index contributed by atoms with van der Waals surface area (Å²) in [5.41, 5.74) is 1.08. The number of hydrogen-bond acceptors (Lipinski definition) is 6. The molecule has 0 fully saturated rings. The largest absolute Gasteiger partial charge is 0.379 e. The van der Waals surface area contributed by atoms with Crippen LogP contribution >= 0.6 is 0 Å². The molecule has 0 aliphatic rings. The molecule has 0 aliphatic heterocycles. The fourth-order valence-corrected chi connectivity index (χ4v) is 2.63. The van der Waals surface area contributed by atoms with E-state index in [9.17, 15) is 14.9 Å². The molecule has 1 atom stereocenters. The van der Waals surface area contributed by atoms with Gasteiger partial charge in [-0.05, 0) is 25.1 Å². The summed E-state index contributed by atoms with van der Waals surface area (Å²) < 4.78 is 1.82. The number of rotatable bonds is 7. The smallest absolute Gasteiger partial charge is 0.292 e. The third kappa shape index (κ3) is 3.77. The standard InChI is InChI=1S/C17H18N6O3/c1-12(17-21-20-15-8-4-5-11-22(15)17)19-16(24)9-10-18-13-6-2-3-7-14(13)23(25)26/h2-8,11-12,18H,9-10H2,1H3,(H,19,24). The maximum Gasteiger partial charge on any atom is 0.292 e. The molecule has 134 valence electrons. The normalized spacial score (nSPS) is 11.9. The summed E-state index contributed by atoms with van der Waals surface area (Å²) in [5.74, 6) is 0.455. The third-order valence-corrected chi connectivity index (χ3v) is 3.87. The number of fused-ring (bicyclic) bond motifs is 1. The Morgan fingerprint density at radius 2 is 2.00 bits per heavy atom. The van der Waals surface area contributed by atoms with Gasteiger partial charge >= 0.3 is 0 Å². The second-order valence-corrected chi connectivity index (χ2v) is 5.73. The number of nitro benzene ring substituents is 1. The van der Waals surface area contributed by atoms with E-state index in [0.29, 0.717) is 17.2 Å². The van der Waals surface area contributed by atoms with Crippen LogP contribution in [0.2, 0.25) is 0 Å². The Labute approximate surface area is 149 Å². The molecule has 3 rings (SSSR count). The van der Waals surface area contributed by atoms with Gasteiger partial charge in [0.25, 0.3) is 5.69 Å². The van der Waals surface area contributed by atoms with E-state index in [1.165, 1.54) is 6.07 Å². The van der Waals surface area contributed by atoms with Crippen molar-refractivity contribution in [2.75, 3.05) is 11.9 Å². The first-order chi connectivity index (χ1) is 12.6. The maximum atomic E-state index is 12.2. The van der Waals surface area contributed by atoms with Crippen molar-refractivity contribution < 1.29 is 9.72 Å². The van der Waals surface area contributed by atoms with E-state index in [1.54, 1.807) is 18.2 Å². The highest BCUT2D eigenvalue weighted by Gasteiger charge is 2.16. The lowest BCUT2D eigenvalue weighted by Gasteiger charge is -2.13. The summed E-state index contributed by atoms with van der Waals surface area (Å²) in [6, 6.07) is 11.6. The molecule has 0 saturated heterocycles. The maximum absolute atomic E-state index is 12.2. The monoisotopic (exact) mass is 354 g/mol. The third-order valence-electron chi connectivity index (χ3n) is 3.87. The summed E-state index contributed by atoms with van der Waals surface area (Å²) >= 11 is 0. The lowest BCUT2D eigenvalue weighted by Crippen LogP contribution is -2.29. The van der Waals surface area contributed by atoms with Gasteiger partial charge < -0.3 is 10.6 Å². The molecule has 1 aromatic carbocycles. The number of amides is 1. The van der Waals surface area contributed by atoms with E-state index < -0.39 is 4.92 Å². The Morgan fingerprint density at radius 1 is 1.23 bits per heavy atom. The van der Waals surface area contributed by atoms with Crippen LogP contribution in [0.15, 0.2) is 48.7 Å². The quantitative estimate of drug-likeness (QED) is 0.497. The van der Waals surface area contributed by atoms with Gasteiger partial charge in [-0.15, -0.1) is 10.2 Å². The Kier molecular flexibility index (Phi) is 5.07. The van der Waals surface area contributed by atoms with Crippen LogP contribution in [0, 0.1) is 10.1 Å². The molecular formula is C17H18N6O3. The van der Waals surface area contributed by atoms with Gasteiger partial charge in [0.05, 0.1) is 11.0 Å². The number of pyridine rings is 1. The number of benzene rings is 1. The summed E-state index contributed by atoms with van der Waals surface area (Å²) in [4.78, 5) is 22.7. The molecule has 1 unspecified atom stereocenters. The highest BCUT2D eigenvalue weighted by molar-refractivity contribution is 5.77. The van der Waals surface area contributed by atoms with Gasteiger partial charge in [-0.1, -0.05) is 18.2 Å². The van der Waals surface area contributed by atoms with Crippen molar-refractivity contribution in [1.82, 2.24) is 19.9 Å². The van der Waals surface area contributed by atoms with Crippen molar-refractivity contribution in [1.29, 1.82) is 0 Å². The average Bonchev–Trinajstić information content (AvgIpc) is 3.06. The predicted molar refractivity (Wildman–Crippen MR) is 95.7 cm³/mol. The number of carbonyl (C=O) groups is 1. The minimum absolute atomic E-state index is 0.0174. The van der Waals surface area contributed by atoms with Crippen molar-refractivity contribution in [2.24, 2.45) is 0 Å². The molecule has 2 aromatic heterocycles. The molecule has 2 N–H and O–H groups in total. The van der Waals surface area contributed by atoms with Crippen LogP contribution in [0.4, 0.5) is 11.4 Å². The second kappa shape index (κ2) is 7.60. The lowest BCUT2D eigenvalue weighted by atomic mass is 10.2. The zero-order valence-electron chi connectivity index (χ0n) is 14.1. The van der Waals surface area contributed by atoms with Crippen LogP contribution in [0.5, 0.6) is 0 Å². The SMILES string of the molecule is CC(NC(=O)CCNc1ccccc1[N+](=O)[O-])c1nnc2ccccn12. The molecule has 9 heteroatoms. The molecule has 3 aromatic rings. The Hall–Kier alpha value is -3.49. The highest BCUT2D eigenvalue weighted by atomic mass is 16.6. The predicted octanol–water partition coefficient (Wildman–Crippen LogP) is 2.32. The highest BCUT2D eigenvalue weighted by Crippen LogP contribution is 2.22. The molecule has 0 radical (unpaired) electrons. The minimum atomic E-state index is -0.457. The van der Waals surface area contributed by atoms with Crippen molar-refractivity contribution >= 4 is 22.9 Å². The van der Waals surface area contributed by atoms with E-state index in [2.05, 4.69) is 20.8 Å². The van der Waals surface area contributed by atoms with Crippen molar-refractivity contribution in [3.8, 4) is 0 Å². The van der Waals surface area contributed by atoms with E-state index in [4.69, 9.17) is 0 Å². The zero-order chi connectivity index (χ0) is 18.5. The molecule has 1 amide bonds. The summed E-state index contributed by atoms with van der Waals surface area (Å²) in [7, 11) is 0. The van der Waals surface area contributed by atoms with Crippen LogP contribution in [-0.4, -0.2) is 32.0 Å². The number of nitrogens with zero attached hydrogens (tertiary/aromatic N) is 4. The van der Waals surface area contributed by atoms with Crippen LogP contribution in [-0.2, 0) is 4.79 Å². The van der Waals surface area contributed by atoms with Gasteiger partial charge in [-0.3, -0.25) is 19.3 Å². The number of aromatic nitrogens is 3. The van der Waals surface area contributed by atoms with Gasteiger partial charge in [-0.25, -0.2) is 0 Å². The molecule has 0 aliphatic carbocycles. The van der Waals surface area contributed by atoms with E-state index in [-0.39, 0.29) is 30.6 Å². The minimum Gasteiger partial charge on any atom is -0.379 e. The second-order valence-electron chi connectivity index (χ2n) is 5.73. The number of hydrogen-bond donors (Lipinski definition) is 2. The van der Waals surface area contributed by atoms with Crippen LogP contribution in [0.25, 0.3) is 5.65 Å². The first-order valence-corrected chi connectivity index (χ1v) is 8.12. The Morgan fingerprint density at radius 3 is 2.81 bits per heavy atom. The van der Waals surface area contributed by atoms with Crippen molar-refractivity contribution in [3.63, 3.8) is 0 Å².